The molecule has 2 N–H and O–H groups in total. The van der Waals surface area contributed by atoms with Gasteiger partial charge in [-0.2, -0.15) is 5.10 Å². The first-order valence-electron chi connectivity index (χ1n) is 8.72. The van der Waals surface area contributed by atoms with Crippen molar-refractivity contribution in [2.75, 3.05) is 6.54 Å². The van der Waals surface area contributed by atoms with E-state index in [0.29, 0.717) is 0 Å². The second-order valence-electron chi connectivity index (χ2n) is 6.68. The lowest BCUT2D eigenvalue weighted by atomic mass is 10.1. The Morgan fingerprint density at radius 1 is 1.29 bits per heavy atom. The number of hydrogen-bond donors (Lipinski definition) is 2. The minimum atomic E-state index is -2.52. The summed E-state index contributed by atoms with van der Waals surface area (Å²) in [6.07, 6.45) is -1.02. The Kier molecular flexibility index (Phi) is 6.24. The van der Waals surface area contributed by atoms with Gasteiger partial charge in [0.15, 0.2) is 5.69 Å². The molecule has 1 fully saturated rings. The van der Waals surface area contributed by atoms with Crippen LogP contribution in [0, 0.1) is 17.6 Å². The molecule has 2 aromatic rings. The molecule has 28 heavy (non-hydrogen) atoms. The first kappa shape index (κ1) is 20.6. The molecule has 10 heteroatoms. The van der Waals surface area contributed by atoms with Crippen LogP contribution in [0.15, 0.2) is 18.2 Å². The fraction of sp³-hybridized carbons (Fsp3) is 0.444. The van der Waals surface area contributed by atoms with Crippen molar-refractivity contribution in [2.45, 2.75) is 38.3 Å². The molecule has 0 aliphatic heterocycles. The molecule has 5 nitrogen and oxygen atoms in total. The molecule has 3 rings (SSSR count). The van der Waals surface area contributed by atoms with Crippen LogP contribution in [0.3, 0.4) is 0 Å². The van der Waals surface area contributed by atoms with Crippen LogP contribution in [-0.2, 0) is 13.0 Å². The number of alkyl halides is 2. The van der Waals surface area contributed by atoms with Gasteiger partial charge in [-0.25, -0.2) is 27.0 Å². The lowest BCUT2D eigenvalue weighted by molar-refractivity contribution is 0.0687. The SMILES string of the molecule is O=C(O)c1nn(Cc2c(F)cccc2F)c(Cl)c1CCNC(C(F)F)C1CC1. The Morgan fingerprint density at radius 2 is 1.93 bits per heavy atom. The molecule has 0 spiro atoms. The molecule has 1 saturated carbocycles. The highest BCUT2D eigenvalue weighted by Crippen LogP contribution is 2.35. The minimum Gasteiger partial charge on any atom is -0.476 e. The van der Waals surface area contributed by atoms with Crippen LogP contribution in [0.2, 0.25) is 5.15 Å². The number of carboxylic acids is 1. The van der Waals surface area contributed by atoms with Gasteiger partial charge in [0.2, 0.25) is 0 Å². The first-order chi connectivity index (χ1) is 13.3. The second-order valence-corrected chi connectivity index (χ2v) is 7.04. The molecule has 1 aromatic carbocycles. The summed E-state index contributed by atoms with van der Waals surface area (Å²) in [7, 11) is 0. The molecule has 1 aliphatic carbocycles. The average Bonchev–Trinajstić information content (AvgIpc) is 3.40. The van der Waals surface area contributed by atoms with Gasteiger partial charge in [0.1, 0.15) is 16.8 Å². The highest BCUT2D eigenvalue weighted by molar-refractivity contribution is 6.30. The summed E-state index contributed by atoms with van der Waals surface area (Å²) in [5.74, 6) is -3.06. The summed E-state index contributed by atoms with van der Waals surface area (Å²) < 4.78 is 54.8. The van der Waals surface area contributed by atoms with Crippen LogP contribution in [0.4, 0.5) is 17.6 Å². The van der Waals surface area contributed by atoms with Gasteiger partial charge in [0.05, 0.1) is 12.6 Å². The minimum absolute atomic E-state index is 0.0379. The number of carboxylic acid groups (broad SMARTS) is 1. The zero-order chi connectivity index (χ0) is 20.4. The zero-order valence-corrected chi connectivity index (χ0v) is 15.4. The van der Waals surface area contributed by atoms with E-state index in [1.807, 2.05) is 0 Å². The van der Waals surface area contributed by atoms with Crippen molar-refractivity contribution >= 4 is 17.6 Å². The molecule has 0 amide bonds. The van der Waals surface area contributed by atoms with E-state index in [9.17, 15) is 27.5 Å². The van der Waals surface area contributed by atoms with Gasteiger partial charge in [-0.1, -0.05) is 17.7 Å². The number of benzene rings is 1. The van der Waals surface area contributed by atoms with Gasteiger partial charge < -0.3 is 10.4 Å². The van der Waals surface area contributed by atoms with Crippen molar-refractivity contribution in [1.29, 1.82) is 0 Å². The maximum atomic E-state index is 13.9. The molecule has 1 aliphatic rings. The van der Waals surface area contributed by atoms with Crippen molar-refractivity contribution < 1.29 is 27.5 Å². The average molecular weight is 420 g/mol. The van der Waals surface area contributed by atoms with Gasteiger partial charge in [-0.05, 0) is 43.9 Å². The van der Waals surface area contributed by atoms with E-state index in [2.05, 4.69) is 10.4 Å². The highest BCUT2D eigenvalue weighted by Gasteiger charge is 2.36. The van der Waals surface area contributed by atoms with Crippen molar-refractivity contribution in [3.8, 4) is 0 Å². The van der Waals surface area contributed by atoms with E-state index in [-0.39, 0.29) is 40.9 Å². The van der Waals surface area contributed by atoms with Crippen molar-refractivity contribution in [2.24, 2.45) is 5.92 Å². The maximum absolute atomic E-state index is 13.9. The molecule has 1 unspecified atom stereocenters. The topological polar surface area (TPSA) is 67.1 Å². The predicted octanol–water partition coefficient (Wildman–Crippen LogP) is 3.74. The Bertz CT molecular complexity index is 849. The van der Waals surface area contributed by atoms with E-state index < -0.39 is 36.6 Å². The van der Waals surface area contributed by atoms with Crippen LogP contribution in [0.5, 0.6) is 0 Å². The van der Waals surface area contributed by atoms with Gasteiger partial charge >= 0.3 is 5.97 Å². The smallest absolute Gasteiger partial charge is 0.356 e. The third-order valence-corrected chi connectivity index (χ3v) is 5.13. The third kappa shape index (κ3) is 4.47. The molecular formula is C18H18ClF4N3O2. The van der Waals surface area contributed by atoms with Crippen LogP contribution >= 0.6 is 11.6 Å². The third-order valence-electron chi connectivity index (χ3n) is 4.71. The molecule has 152 valence electrons. The van der Waals surface area contributed by atoms with Gasteiger partial charge in [-0.15, -0.1) is 0 Å². The van der Waals surface area contributed by atoms with E-state index >= 15 is 0 Å². The molecule has 0 radical (unpaired) electrons. The fourth-order valence-corrected chi connectivity index (χ4v) is 3.37. The predicted molar refractivity (Wildman–Crippen MR) is 93.9 cm³/mol. The quantitative estimate of drug-likeness (QED) is 0.608. The van der Waals surface area contributed by atoms with Crippen molar-refractivity contribution in [3.63, 3.8) is 0 Å². The number of nitrogens with one attached hydrogen (secondary N) is 1. The van der Waals surface area contributed by atoms with Gasteiger partial charge in [0.25, 0.3) is 6.43 Å². The zero-order valence-electron chi connectivity index (χ0n) is 14.6. The molecule has 0 saturated heterocycles. The molecule has 1 aromatic heterocycles. The lowest BCUT2D eigenvalue weighted by Gasteiger charge is -2.17. The van der Waals surface area contributed by atoms with Crippen LogP contribution in [-0.4, -0.2) is 39.9 Å². The Morgan fingerprint density at radius 3 is 2.46 bits per heavy atom. The molecule has 1 heterocycles. The highest BCUT2D eigenvalue weighted by atomic mass is 35.5. The van der Waals surface area contributed by atoms with E-state index in [1.54, 1.807) is 0 Å². The monoisotopic (exact) mass is 419 g/mol. The van der Waals surface area contributed by atoms with E-state index in [1.165, 1.54) is 6.07 Å². The number of carbonyl (C=O) groups is 1. The van der Waals surface area contributed by atoms with Crippen molar-refractivity contribution in [3.05, 3.63) is 51.8 Å². The number of aromatic carboxylic acids is 1. The van der Waals surface area contributed by atoms with Crippen molar-refractivity contribution in [1.82, 2.24) is 15.1 Å². The number of aromatic nitrogens is 2. The second kappa shape index (κ2) is 8.48. The summed E-state index contributed by atoms with van der Waals surface area (Å²) in [6.45, 7) is -0.321. The first-order valence-corrected chi connectivity index (χ1v) is 9.10. The largest absolute Gasteiger partial charge is 0.476 e. The van der Waals surface area contributed by atoms with Crippen LogP contribution in [0.1, 0.15) is 34.5 Å². The standard InChI is InChI=1S/C18H18ClF4N3O2/c19-16-10(6-7-24-14(17(22)23)9-4-5-9)15(18(27)28)25-26(16)8-11-12(20)2-1-3-13(11)21/h1-3,9,14,17,24H,4-8H2,(H,27,28). The van der Waals surface area contributed by atoms with E-state index in [4.69, 9.17) is 11.6 Å². The number of nitrogens with zero attached hydrogens (tertiary/aromatic N) is 2. The maximum Gasteiger partial charge on any atom is 0.356 e. The normalized spacial score (nSPS) is 15.2. The lowest BCUT2D eigenvalue weighted by Crippen LogP contribution is -2.38. The fourth-order valence-electron chi connectivity index (χ4n) is 3.09. The Balaban J connectivity index is 1.78. The molecule has 1 atom stereocenters. The summed E-state index contributed by atoms with van der Waals surface area (Å²) in [5.41, 5.74) is -0.550. The summed E-state index contributed by atoms with van der Waals surface area (Å²) in [6, 6.07) is 2.40. The molecule has 0 bridgehead atoms. The summed E-state index contributed by atoms with van der Waals surface area (Å²) in [5, 5.41) is 15.8. The van der Waals surface area contributed by atoms with Crippen LogP contribution < -0.4 is 5.32 Å². The number of hydrogen-bond acceptors (Lipinski definition) is 3. The van der Waals surface area contributed by atoms with E-state index in [0.717, 1.165) is 29.7 Å². The number of halogens is 5. The van der Waals surface area contributed by atoms with Gasteiger partial charge in [-0.3, -0.25) is 0 Å². The van der Waals surface area contributed by atoms with Gasteiger partial charge in [0, 0.05) is 11.1 Å². The Labute approximate surface area is 163 Å². The summed E-state index contributed by atoms with van der Waals surface area (Å²) >= 11 is 6.20. The summed E-state index contributed by atoms with van der Waals surface area (Å²) in [4.78, 5) is 11.5. The Hall–Kier alpha value is -2.13. The molecular weight excluding hydrogens is 402 g/mol. The van der Waals surface area contributed by atoms with Crippen LogP contribution in [0.25, 0.3) is 0 Å². The number of rotatable bonds is 9.